The molecule has 0 spiro atoms. The van der Waals surface area contributed by atoms with Crippen LogP contribution in [0, 0.1) is 0 Å². The highest BCUT2D eigenvalue weighted by atomic mass is 32.2. The second-order valence-corrected chi connectivity index (χ2v) is 6.27. The Morgan fingerprint density at radius 1 is 1.37 bits per heavy atom. The van der Waals surface area contributed by atoms with Gasteiger partial charge in [0.05, 0.1) is 6.10 Å². The van der Waals surface area contributed by atoms with Gasteiger partial charge in [0.1, 0.15) is 0 Å². The zero-order valence-corrected chi connectivity index (χ0v) is 12.7. The number of anilines is 1. The van der Waals surface area contributed by atoms with Crippen molar-refractivity contribution in [1.82, 2.24) is 9.97 Å². The Morgan fingerprint density at radius 3 is 2.89 bits per heavy atom. The average Bonchev–Trinajstić information content (AvgIpc) is 2.39. The normalized spacial score (nSPS) is 23.4. The zero-order valence-electron chi connectivity index (χ0n) is 11.9. The summed E-state index contributed by atoms with van der Waals surface area (Å²) in [5.74, 6) is 1.33. The van der Waals surface area contributed by atoms with Gasteiger partial charge in [-0.05, 0) is 32.9 Å². The predicted octanol–water partition coefficient (Wildman–Crippen LogP) is 3.35. The van der Waals surface area contributed by atoms with Gasteiger partial charge in [0.15, 0.2) is 0 Å². The zero-order chi connectivity index (χ0) is 13.7. The molecule has 1 N–H and O–H groups in total. The molecule has 1 aromatic rings. The standard InChI is InChI=1S/C14H23N3OS/c1-10(2)18-13-8-9-15-14(17-13)16-11-6-4-5-7-12(11)19-3/h8-12H,4-7H2,1-3H3,(H,15,16,17). The molecule has 0 aromatic carbocycles. The van der Waals surface area contributed by atoms with Gasteiger partial charge in [0, 0.05) is 23.6 Å². The summed E-state index contributed by atoms with van der Waals surface area (Å²) in [5.41, 5.74) is 0. The minimum Gasteiger partial charge on any atom is -0.475 e. The first-order valence-electron chi connectivity index (χ1n) is 6.98. The predicted molar refractivity (Wildman–Crippen MR) is 81.0 cm³/mol. The number of nitrogens with zero attached hydrogens (tertiary/aromatic N) is 2. The molecule has 1 fully saturated rings. The Kier molecular flexibility index (Phi) is 5.31. The maximum absolute atomic E-state index is 5.60. The topological polar surface area (TPSA) is 47.0 Å². The number of hydrogen-bond donors (Lipinski definition) is 1. The molecule has 1 heterocycles. The van der Waals surface area contributed by atoms with E-state index in [1.807, 2.05) is 25.6 Å². The fourth-order valence-electron chi connectivity index (χ4n) is 2.43. The Bertz CT molecular complexity index is 400. The summed E-state index contributed by atoms with van der Waals surface area (Å²) in [4.78, 5) is 8.72. The van der Waals surface area contributed by atoms with Crippen molar-refractivity contribution in [3.05, 3.63) is 12.3 Å². The maximum atomic E-state index is 5.60. The van der Waals surface area contributed by atoms with Gasteiger partial charge in [-0.25, -0.2) is 4.98 Å². The third-order valence-electron chi connectivity index (χ3n) is 3.31. The summed E-state index contributed by atoms with van der Waals surface area (Å²) in [5, 5.41) is 4.13. The molecule has 106 valence electrons. The molecule has 0 radical (unpaired) electrons. The molecule has 1 aliphatic carbocycles. The summed E-state index contributed by atoms with van der Waals surface area (Å²) in [6, 6.07) is 2.27. The van der Waals surface area contributed by atoms with Crippen molar-refractivity contribution in [3.63, 3.8) is 0 Å². The van der Waals surface area contributed by atoms with Gasteiger partial charge in [-0.2, -0.15) is 16.7 Å². The minimum absolute atomic E-state index is 0.136. The van der Waals surface area contributed by atoms with Gasteiger partial charge in [-0.3, -0.25) is 0 Å². The smallest absolute Gasteiger partial charge is 0.226 e. The molecule has 2 rings (SSSR count). The second-order valence-electron chi connectivity index (χ2n) is 5.19. The van der Waals surface area contributed by atoms with Crippen LogP contribution in [0.4, 0.5) is 5.95 Å². The van der Waals surface area contributed by atoms with E-state index in [-0.39, 0.29) is 6.10 Å². The Hall–Kier alpha value is -0.970. The third-order valence-corrected chi connectivity index (χ3v) is 4.48. The van der Waals surface area contributed by atoms with Gasteiger partial charge < -0.3 is 10.1 Å². The van der Waals surface area contributed by atoms with Crippen LogP contribution in [0.5, 0.6) is 5.88 Å². The lowest BCUT2D eigenvalue weighted by Gasteiger charge is -2.30. The van der Waals surface area contributed by atoms with Crippen LogP contribution in [-0.2, 0) is 0 Å². The first-order valence-corrected chi connectivity index (χ1v) is 8.27. The van der Waals surface area contributed by atoms with Crippen molar-refractivity contribution < 1.29 is 4.74 Å². The molecule has 1 aromatic heterocycles. The first-order chi connectivity index (χ1) is 9.19. The largest absolute Gasteiger partial charge is 0.475 e. The molecule has 0 saturated heterocycles. The van der Waals surface area contributed by atoms with E-state index in [0.29, 0.717) is 23.1 Å². The second kappa shape index (κ2) is 6.98. The minimum atomic E-state index is 0.136. The van der Waals surface area contributed by atoms with Crippen LogP contribution in [0.25, 0.3) is 0 Å². The van der Waals surface area contributed by atoms with Crippen LogP contribution in [0.1, 0.15) is 39.5 Å². The Balaban J connectivity index is 2.01. The van der Waals surface area contributed by atoms with Crippen LogP contribution in [-0.4, -0.2) is 33.6 Å². The molecule has 1 saturated carbocycles. The van der Waals surface area contributed by atoms with Crippen molar-refractivity contribution in [3.8, 4) is 5.88 Å². The van der Waals surface area contributed by atoms with E-state index in [2.05, 4.69) is 21.5 Å². The summed E-state index contributed by atoms with van der Waals surface area (Å²) in [6.45, 7) is 4.00. The number of hydrogen-bond acceptors (Lipinski definition) is 5. The third kappa shape index (κ3) is 4.27. The SMILES string of the molecule is CSC1CCCCC1Nc1nccc(OC(C)C)n1. The molecule has 0 aliphatic heterocycles. The first kappa shape index (κ1) is 14.4. The van der Waals surface area contributed by atoms with Crippen molar-refractivity contribution in [2.75, 3.05) is 11.6 Å². The van der Waals surface area contributed by atoms with E-state index in [1.165, 1.54) is 25.7 Å². The molecular weight excluding hydrogens is 258 g/mol. The van der Waals surface area contributed by atoms with Gasteiger partial charge in [0.25, 0.3) is 0 Å². The van der Waals surface area contributed by atoms with Gasteiger partial charge >= 0.3 is 0 Å². The van der Waals surface area contributed by atoms with Crippen LogP contribution in [0.15, 0.2) is 12.3 Å². The molecule has 2 unspecified atom stereocenters. The van der Waals surface area contributed by atoms with E-state index < -0.39 is 0 Å². The van der Waals surface area contributed by atoms with Gasteiger partial charge in [-0.15, -0.1) is 0 Å². The highest BCUT2D eigenvalue weighted by Gasteiger charge is 2.24. The summed E-state index contributed by atoms with van der Waals surface area (Å²) in [6.07, 6.45) is 9.17. The van der Waals surface area contributed by atoms with Gasteiger partial charge in [-0.1, -0.05) is 12.8 Å². The van der Waals surface area contributed by atoms with E-state index in [4.69, 9.17) is 4.74 Å². The lowest BCUT2D eigenvalue weighted by molar-refractivity contribution is 0.232. The van der Waals surface area contributed by atoms with E-state index in [0.717, 1.165) is 0 Å². The van der Waals surface area contributed by atoms with Crippen LogP contribution >= 0.6 is 11.8 Å². The van der Waals surface area contributed by atoms with Crippen LogP contribution < -0.4 is 10.1 Å². The van der Waals surface area contributed by atoms with Crippen LogP contribution in [0.2, 0.25) is 0 Å². The number of aromatic nitrogens is 2. The lowest BCUT2D eigenvalue weighted by atomic mass is 9.95. The van der Waals surface area contributed by atoms with Crippen LogP contribution in [0.3, 0.4) is 0 Å². The molecular formula is C14H23N3OS. The Morgan fingerprint density at radius 2 is 2.16 bits per heavy atom. The lowest BCUT2D eigenvalue weighted by Crippen LogP contribution is -2.34. The number of ether oxygens (including phenoxy) is 1. The number of nitrogens with one attached hydrogen (secondary N) is 1. The van der Waals surface area contributed by atoms with Crippen molar-refractivity contribution in [2.24, 2.45) is 0 Å². The molecule has 2 atom stereocenters. The summed E-state index contributed by atoms with van der Waals surface area (Å²) < 4.78 is 5.60. The molecule has 4 nitrogen and oxygen atoms in total. The van der Waals surface area contributed by atoms with Crippen molar-refractivity contribution in [1.29, 1.82) is 0 Å². The molecule has 1 aliphatic rings. The maximum Gasteiger partial charge on any atom is 0.226 e. The highest BCUT2D eigenvalue weighted by molar-refractivity contribution is 7.99. The molecule has 19 heavy (non-hydrogen) atoms. The molecule has 0 bridgehead atoms. The summed E-state index contributed by atoms with van der Waals surface area (Å²) >= 11 is 1.94. The Labute approximate surface area is 119 Å². The monoisotopic (exact) mass is 281 g/mol. The number of thioether (sulfide) groups is 1. The van der Waals surface area contributed by atoms with E-state index in [9.17, 15) is 0 Å². The fourth-order valence-corrected chi connectivity index (χ4v) is 3.36. The molecule has 5 heteroatoms. The van der Waals surface area contributed by atoms with Crippen molar-refractivity contribution >= 4 is 17.7 Å². The molecule has 0 amide bonds. The van der Waals surface area contributed by atoms with Gasteiger partial charge in [0.2, 0.25) is 11.8 Å². The van der Waals surface area contributed by atoms with E-state index in [1.54, 1.807) is 12.3 Å². The number of rotatable bonds is 5. The summed E-state index contributed by atoms with van der Waals surface area (Å²) in [7, 11) is 0. The van der Waals surface area contributed by atoms with E-state index >= 15 is 0 Å². The quantitative estimate of drug-likeness (QED) is 0.897. The fraction of sp³-hybridized carbons (Fsp3) is 0.714. The highest BCUT2D eigenvalue weighted by Crippen LogP contribution is 2.29. The average molecular weight is 281 g/mol. The van der Waals surface area contributed by atoms with Crippen molar-refractivity contribution in [2.45, 2.75) is 56.9 Å².